The van der Waals surface area contributed by atoms with Gasteiger partial charge in [0.25, 0.3) is 0 Å². The molecule has 0 atom stereocenters. The molecule has 2 heterocycles. The van der Waals surface area contributed by atoms with E-state index in [9.17, 15) is 0 Å². The normalized spacial score (nSPS) is 17.8. The molecule has 0 aliphatic carbocycles. The maximum atomic E-state index is 8.83. The van der Waals surface area contributed by atoms with Gasteiger partial charge in [-0.25, -0.2) is 4.68 Å². The second kappa shape index (κ2) is 6.22. The first-order valence-corrected chi connectivity index (χ1v) is 6.73. The summed E-state index contributed by atoms with van der Waals surface area (Å²) < 4.78 is 7.48. The van der Waals surface area contributed by atoms with E-state index in [0.717, 1.165) is 12.8 Å². The van der Waals surface area contributed by atoms with Crippen molar-refractivity contribution in [3.63, 3.8) is 0 Å². The maximum Gasteiger partial charge on any atom is 0.108 e. The number of hydrogen-bond donors (Lipinski definition) is 1. The highest BCUT2D eigenvalue weighted by Gasteiger charge is 2.13. The Bertz CT molecular complexity index is 313. The van der Waals surface area contributed by atoms with Crippen LogP contribution in [0.5, 0.6) is 0 Å². The molecular weight excluding hydrogens is 226 g/mol. The molecule has 1 aromatic heterocycles. The van der Waals surface area contributed by atoms with Gasteiger partial charge in [-0.2, -0.15) is 11.8 Å². The Balaban J connectivity index is 1.66. The third-order valence-electron chi connectivity index (χ3n) is 2.59. The lowest BCUT2D eigenvalue weighted by Crippen LogP contribution is -2.21. The lowest BCUT2D eigenvalue weighted by Gasteiger charge is -2.21. The van der Waals surface area contributed by atoms with Crippen molar-refractivity contribution >= 4 is 11.8 Å². The van der Waals surface area contributed by atoms with Gasteiger partial charge < -0.3 is 9.84 Å². The minimum Gasteiger partial charge on any atom is -0.390 e. The lowest BCUT2D eigenvalue weighted by atomic mass is 10.2. The number of nitrogens with zero attached hydrogens (tertiary/aromatic N) is 3. The SMILES string of the molecule is OCc1cn(CCOC2CCSCC2)nn1. The van der Waals surface area contributed by atoms with E-state index in [-0.39, 0.29) is 6.61 Å². The zero-order valence-electron chi connectivity index (χ0n) is 9.21. The number of hydrogen-bond acceptors (Lipinski definition) is 5. The third-order valence-corrected chi connectivity index (χ3v) is 3.64. The monoisotopic (exact) mass is 243 g/mol. The predicted octanol–water partition coefficient (Wildman–Crippen LogP) is 0.683. The fraction of sp³-hybridized carbons (Fsp3) is 0.800. The van der Waals surface area contributed by atoms with Crippen LogP contribution < -0.4 is 0 Å². The molecule has 0 unspecified atom stereocenters. The minimum atomic E-state index is -0.0549. The summed E-state index contributed by atoms with van der Waals surface area (Å²) in [6.07, 6.45) is 4.48. The van der Waals surface area contributed by atoms with E-state index in [2.05, 4.69) is 10.3 Å². The smallest absolute Gasteiger partial charge is 0.108 e. The Labute approximate surface area is 99.2 Å². The van der Waals surface area contributed by atoms with Crippen molar-refractivity contribution in [2.24, 2.45) is 0 Å². The number of rotatable bonds is 5. The Morgan fingerprint density at radius 2 is 2.31 bits per heavy atom. The first kappa shape index (κ1) is 11.9. The Morgan fingerprint density at radius 3 is 3.00 bits per heavy atom. The van der Waals surface area contributed by atoms with Crippen LogP contribution in [0.15, 0.2) is 6.20 Å². The molecule has 2 rings (SSSR count). The average molecular weight is 243 g/mol. The molecule has 5 nitrogen and oxygen atoms in total. The Hall–Kier alpha value is -0.590. The summed E-state index contributed by atoms with van der Waals surface area (Å²) in [5, 5.41) is 16.5. The molecule has 0 aromatic carbocycles. The highest BCUT2D eigenvalue weighted by Crippen LogP contribution is 2.19. The molecule has 1 N–H and O–H groups in total. The molecule has 1 fully saturated rings. The van der Waals surface area contributed by atoms with E-state index in [1.54, 1.807) is 10.9 Å². The van der Waals surface area contributed by atoms with Crippen molar-refractivity contribution in [1.82, 2.24) is 15.0 Å². The molecule has 1 aliphatic heterocycles. The molecule has 0 bridgehead atoms. The first-order valence-electron chi connectivity index (χ1n) is 5.57. The highest BCUT2D eigenvalue weighted by molar-refractivity contribution is 7.99. The van der Waals surface area contributed by atoms with Crippen LogP contribution in [0.3, 0.4) is 0 Å². The number of aromatic nitrogens is 3. The van der Waals surface area contributed by atoms with Crippen LogP contribution in [0.2, 0.25) is 0 Å². The fourth-order valence-corrected chi connectivity index (χ4v) is 2.74. The van der Waals surface area contributed by atoms with Gasteiger partial charge in [0.05, 0.1) is 32.1 Å². The largest absolute Gasteiger partial charge is 0.390 e. The van der Waals surface area contributed by atoms with E-state index in [1.807, 2.05) is 11.8 Å². The summed E-state index contributed by atoms with van der Waals surface area (Å²) >= 11 is 2.00. The molecule has 0 saturated carbocycles. The fourth-order valence-electron chi connectivity index (χ4n) is 1.68. The van der Waals surface area contributed by atoms with Crippen LogP contribution in [0.4, 0.5) is 0 Å². The lowest BCUT2D eigenvalue weighted by molar-refractivity contribution is 0.0413. The van der Waals surface area contributed by atoms with E-state index in [1.165, 1.54) is 11.5 Å². The van der Waals surface area contributed by atoms with Crippen LogP contribution in [-0.2, 0) is 17.9 Å². The van der Waals surface area contributed by atoms with Gasteiger partial charge in [-0.05, 0) is 24.3 Å². The number of ether oxygens (including phenoxy) is 1. The summed E-state index contributed by atoms with van der Waals surface area (Å²) in [7, 11) is 0. The summed E-state index contributed by atoms with van der Waals surface area (Å²) in [5.74, 6) is 2.42. The van der Waals surface area contributed by atoms with Crippen LogP contribution in [0.1, 0.15) is 18.5 Å². The van der Waals surface area contributed by atoms with Crippen LogP contribution in [-0.4, -0.2) is 44.3 Å². The molecule has 0 spiro atoms. The zero-order valence-corrected chi connectivity index (χ0v) is 10.0. The van der Waals surface area contributed by atoms with Crippen molar-refractivity contribution in [3.8, 4) is 0 Å². The predicted molar refractivity (Wildman–Crippen MR) is 62.2 cm³/mol. The molecule has 1 saturated heterocycles. The van der Waals surface area contributed by atoms with Crippen molar-refractivity contribution in [3.05, 3.63) is 11.9 Å². The highest BCUT2D eigenvalue weighted by atomic mass is 32.2. The molecule has 0 amide bonds. The molecule has 16 heavy (non-hydrogen) atoms. The number of thioether (sulfide) groups is 1. The van der Waals surface area contributed by atoms with Gasteiger partial charge >= 0.3 is 0 Å². The quantitative estimate of drug-likeness (QED) is 0.824. The molecular formula is C10H17N3O2S. The van der Waals surface area contributed by atoms with Gasteiger partial charge in [0, 0.05) is 0 Å². The molecule has 1 aromatic rings. The zero-order chi connectivity index (χ0) is 11.2. The average Bonchev–Trinajstić information content (AvgIpc) is 2.78. The standard InChI is InChI=1S/C10H17N3O2S/c14-8-9-7-13(12-11-9)3-4-15-10-1-5-16-6-2-10/h7,10,14H,1-6,8H2. The van der Waals surface area contributed by atoms with Gasteiger partial charge in [0.15, 0.2) is 0 Å². The van der Waals surface area contributed by atoms with Crippen LogP contribution in [0, 0.1) is 0 Å². The van der Waals surface area contributed by atoms with E-state index in [4.69, 9.17) is 9.84 Å². The molecule has 0 radical (unpaired) electrons. The number of aliphatic hydroxyl groups excluding tert-OH is 1. The first-order chi connectivity index (χ1) is 7.88. The summed E-state index contributed by atoms with van der Waals surface area (Å²) in [4.78, 5) is 0. The second-order valence-corrected chi connectivity index (χ2v) is 5.04. The Morgan fingerprint density at radius 1 is 1.50 bits per heavy atom. The molecule has 90 valence electrons. The van der Waals surface area contributed by atoms with Gasteiger partial charge in [-0.15, -0.1) is 5.10 Å². The van der Waals surface area contributed by atoms with E-state index in [0.29, 0.717) is 24.9 Å². The second-order valence-electron chi connectivity index (χ2n) is 3.81. The summed E-state index contributed by atoms with van der Waals surface area (Å²) in [6, 6.07) is 0. The minimum absolute atomic E-state index is 0.0549. The van der Waals surface area contributed by atoms with E-state index >= 15 is 0 Å². The number of aliphatic hydroxyl groups is 1. The van der Waals surface area contributed by atoms with E-state index < -0.39 is 0 Å². The third kappa shape index (κ3) is 3.47. The van der Waals surface area contributed by atoms with Crippen molar-refractivity contribution in [2.45, 2.75) is 32.1 Å². The van der Waals surface area contributed by atoms with Crippen molar-refractivity contribution < 1.29 is 9.84 Å². The Kier molecular flexibility index (Phi) is 4.62. The topological polar surface area (TPSA) is 60.2 Å². The van der Waals surface area contributed by atoms with Crippen LogP contribution in [0.25, 0.3) is 0 Å². The van der Waals surface area contributed by atoms with Gasteiger partial charge in [0.1, 0.15) is 5.69 Å². The van der Waals surface area contributed by atoms with Crippen molar-refractivity contribution in [2.75, 3.05) is 18.1 Å². The summed E-state index contributed by atoms with van der Waals surface area (Å²) in [5.41, 5.74) is 0.606. The summed E-state index contributed by atoms with van der Waals surface area (Å²) in [6.45, 7) is 1.32. The maximum absolute atomic E-state index is 8.83. The van der Waals surface area contributed by atoms with Gasteiger partial charge in [-0.3, -0.25) is 0 Å². The van der Waals surface area contributed by atoms with Crippen molar-refractivity contribution in [1.29, 1.82) is 0 Å². The van der Waals surface area contributed by atoms with Gasteiger partial charge in [0.2, 0.25) is 0 Å². The van der Waals surface area contributed by atoms with Crippen LogP contribution >= 0.6 is 11.8 Å². The molecule has 1 aliphatic rings. The van der Waals surface area contributed by atoms with Gasteiger partial charge in [-0.1, -0.05) is 5.21 Å². The molecule has 6 heteroatoms.